The molecule has 0 unspecified atom stereocenters. The molecule has 0 atom stereocenters. The van der Waals surface area contributed by atoms with Crippen molar-refractivity contribution in [3.8, 4) is 5.69 Å². The summed E-state index contributed by atoms with van der Waals surface area (Å²) in [6, 6.07) is 25.7. The van der Waals surface area contributed by atoms with Gasteiger partial charge in [-0.2, -0.15) is 0 Å². The molecule has 0 aliphatic rings. The van der Waals surface area contributed by atoms with Crippen LogP contribution in [0.1, 0.15) is 16.1 Å². The highest BCUT2D eigenvalue weighted by atomic mass is 16.5. The van der Waals surface area contributed by atoms with Gasteiger partial charge in [0.25, 0.3) is 0 Å². The van der Waals surface area contributed by atoms with Crippen LogP contribution >= 0.6 is 0 Å². The summed E-state index contributed by atoms with van der Waals surface area (Å²) in [6.45, 7) is 0. The lowest BCUT2D eigenvalue weighted by atomic mass is 10.1. The Morgan fingerprint density at radius 1 is 0.926 bits per heavy atom. The standard InChI is InChI=1S/C23H18N2O2/c1-27-23(26)19-8-4-9-20(14-19)24-16-22-10-5-13-25(22)21-12-11-17-6-2-3-7-18(17)15-21/h2-16H,1H3. The first-order valence-electron chi connectivity index (χ1n) is 8.63. The summed E-state index contributed by atoms with van der Waals surface area (Å²) >= 11 is 0. The number of methoxy groups -OCH3 is 1. The van der Waals surface area contributed by atoms with E-state index in [9.17, 15) is 4.79 Å². The van der Waals surface area contributed by atoms with Gasteiger partial charge in [0.05, 0.1) is 30.3 Å². The summed E-state index contributed by atoms with van der Waals surface area (Å²) in [5.41, 5.74) is 3.21. The number of aliphatic imine (C=N–C) groups is 1. The van der Waals surface area contributed by atoms with Crippen LogP contribution in [0, 0.1) is 0 Å². The minimum Gasteiger partial charge on any atom is -0.465 e. The molecule has 1 aromatic heterocycles. The fourth-order valence-corrected chi connectivity index (χ4v) is 3.03. The van der Waals surface area contributed by atoms with Gasteiger partial charge in [-0.3, -0.25) is 4.99 Å². The predicted octanol–water partition coefficient (Wildman–Crippen LogP) is 5.17. The van der Waals surface area contributed by atoms with Gasteiger partial charge in [-0.15, -0.1) is 0 Å². The molecular weight excluding hydrogens is 336 g/mol. The Hall–Kier alpha value is -3.66. The molecule has 3 aromatic carbocycles. The summed E-state index contributed by atoms with van der Waals surface area (Å²) in [7, 11) is 1.37. The van der Waals surface area contributed by atoms with E-state index in [1.807, 2.05) is 36.5 Å². The summed E-state index contributed by atoms with van der Waals surface area (Å²) < 4.78 is 6.84. The molecule has 0 bridgehead atoms. The van der Waals surface area contributed by atoms with Gasteiger partial charge in [0, 0.05) is 11.9 Å². The molecule has 1 heterocycles. The average Bonchev–Trinajstić information content (AvgIpc) is 3.20. The number of ether oxygens (including phenoxy) is 1. The lowest BCUT2D eigenvalue weighted by Crippen LogP contribution is -2.00. The van der Waals surface area contributed by atoms with Crippen molar-refractivity contribution in [1.29, 1.82) is 0 Å². The van der Waals surface area contributed by atoms with E-state index < -0.39 is 0 Å². The van der Waals surface area contributed by atoms with Crippen molar-refractivity contribution < 1.29 is 9.53 Å². The number of aromatic nitrogens is 1. The van der Waals surface area contributed by atoms with Crippen LogP contribution in [0.5, 0.6) is 0 Å². The van der Waals surface area contributed by atoms with Crippen molar-refractivity contribution in [3.63, 3.8) is 0 Å². The molecule has 0 radical (unpaired) electrons. The number of esters is 1. The predicted molar refractivity (Wildman–Crippen MR) is 108 cm³/mol. The molecule has 0 fully saturated rings. The molecule has 4 nitrogen and oxygen atoms in total. The molecule has 0 amide bonds. The number of benzene rings is 3. The van der Waals surface area contributed by atoms with Crippen molar-refractivity contribution in [1.82, 2.24) is 4.57 Å². The van der Waals surface area contributed by atoms with E-state index in [0.29, 0.717) is 11.3 Å². The van der Waals surface area contributed by atoms with E-state index in [0.717, 1.165) is 11.4 Å². The van der Waals surface area contributed by atoms with Gasteiger partial charge in [0.15, 0.2) is 0 Å². The van der Waals surface area contributed by atoms with Gasteiger partial charge in [0.1, 0.15) is 0 Å². The van der Waals surface area contributed by atoms with Crippen LogP contribution in [-0.4, -0.2) is 23.9 Å². The zero-order valence-electron chi connectivity index (χ0n) is 14.9. The number of rotatable bonds is 4. The Bertz CT molecular complexity index is 1140. The number of nitrogens with zero attached hydrogens (tertiary/aromatic N) is 2. The summed E-state index contributed by atoms with van der Waals surface area (Å²) in [6.07, 6.45) is 3.81. The SMILES string of the molecule is COC(=O)c1cccc(N=Cc2cccn2-c2ccc3ccccc3c2)c1. The Balaban J connectivity index is 1.65. The quantitative estimate of drug-likeness (QED) is 0.375. The number of carbonyl (C=O) groups excluding carboxylic acids is 1. The molecule has 0 spiro atoms. The van der Waals surface area contributed by atoms with Gasteiger partial charge >= 0.3 is 5.97 Å². The second-order valence-electron chi connectivity index (χ2n) is 6.13. The zero-order valence-corrected chi connectivity index (χ0v) is 14.9. The van der Waals surface area contributed by atoms with Gasteiger partial charge in [-0.1, -0.05) is 36.4 Å². The molecule has 4 aromatic rings. The van der Waals surface area contributed by atoms with Crippen LogP contribution in [0.3, 0.4) is 0 Å². The van der Waals surface area contributed by atoms with Crippen LogP contribution < -0.4 is 0 Å². The van der Waals surface area contributed by atoms with Crippen LogP contribution in [0.4, 0.5) is 5.69 Å². The maximum absolute atomic E-state index is 11.7. The minimum absolute atomic E-state index is 0.369. The molecule has 132 valence electrons. The normalized spacial score (nSPS) is 11.1. The highest BCUT2D eigenvalue weighted by molar-refractivity contribution is 5.91. The topological polar surface area (TPSA) is 43.6 Å². The number of carbonyl (C=O) groups is 1. The Labute approximate surface area is 157 Å². The van der Waals surface area contributed by atoms with E-state index in [1.165, 1.54) is 17.9 Å². The minimum atomic E-state index is -0.369. The van der Waals surface area contributed by atoms with Crippen LogP contribution in [0.25, 0.3) is 16.5 Å². The molecule has 0 saturated carbocycles. The van der Waals surface area contributed by atoms with Gasteiger partial charge in [-0.25, -0.2) is 4.79 Å². The monoisotopic (exact) mass is 354 g/mol. The van der Waals surface area contributed by atoms with Gasteiger partial charge < -0.3 is 9.30 Å². The highest BCUT2D eigenvalue weighted by Gasteiger charge is 2.06. The Morgan fingerprint density at radius 3 is 2.63 bits per heavy atom. The first kappa shape index (κ1) is 16.8. The van der Waals surface area contributed by atoms with Crippen LogP contribution in [0.15, 0.2) is 90.1 Å². The first-order valence-corrected chi connectivity index (χ1v) is 8.63. The molecule has 0 aliphatic carbocycles. The third-order valence-corrected chi connectivity index (χ3v) is 4.40. The first-order chi connectivity index (χ1) is 13.2. The zero-order chi connectivity index (χ0) is 18.6. The molecule has 4 heteroatoms. The molecule has 0 saturated heterocycles. The van der Waals surface area contributed by atoms with Crippen molar-refractivity contribution in [3.05, 3.63) is 96.3 Å². The second kappa shape index (κ2) is 7.30. The molecule has 0 N–H and O–H groups in total. The van der Waals surface area contributed by atoms with E-state index in [1.54, 1.807) is 24.4 Å². The van der Waals surface area contributed by atoms with Crippen molar-refractivity contribution in [2.24, 2.45) is 4.99 Å². The number of hydrogen-bond donors (Lipinski definition) is 0. The van der Waals surface area contributed by atoms with E-state index in [-0.39, 0.29) is 5.97 Å². The number of hydrogen-bond acceptors (Lipinski definition) is 3. The summed E-state index contributed by atoms with van der Waals surface area (Å²) in [5.74, 6) is -0.369. The fraction of sp³-hybridized carbons (Fsp3) is 0.0435. The summed E-state index contributed by atoms with van der Waals surface area (Å²) in [5, 5.41) is 2.40. The third-order valence-electron chi connectivity index (χ3n) is 4.40. The Kier molecular flexibility index (Phi) is 4.54. The molecular formula is C23H18N2O2. The third kappa shape index (κ3) is 3.51. The maximum Gasteiger partial charge on any atom is 0.337 e. The maximum atomic E-state index is 11.7. The van der Waals surface area contributed by atoms with E-state index in [4.69, 9.17) is 4.74 Å². The second-order valence-corrected chi connectivity index (χ2v) is 6.13. The Morgan fingerprint density at radius 2 is 1.78 bits per heavy atom. The highest BCUT2D eigenvalue weighted by Crippen LogP contribution is 2.20. The molecule has 27 heavy (non-hydrogen) atoms. The van der Waals surface area contributed by atoms with Gasteiger partial charge in [-0.05, 0) is 53.2 Å². The molecule has 4 rings (SSSR count). The molecule has 0 aliphatic heterocycles. The fourth-order valence-electron chi connectivity index (χ4n) is 3.03. The van der Waals surface area contributed by atoms with Crippen molar-refractivity contribution >= 4 is 28.6 Å². The van der Waals surface area contributed by atoms with Gasteiger partial charge in [0.2, 0.25) is 0 Å². The largest absolute Gasteiger partial charge is 0.465 e. The average molecular weight is 354 g/mol. The van der Waals surface area contributed by atoms with E-state index >= 15 is 0 Å². The van der Waals surface area contributed by atoms with E-state index in [2.05, 4.69) is 39.9 Å². The summed E-state index contributed by atoms with van der Waals surface area (Å²) in [4.78, 5) is 16.2. The van der Waals surface area contributed by atoms with Crippen LogP contribution in [0.2, 0.25) is 0 Å². The van der Waals surface area contributed by atoms with Crippen molar-refractivity contribution in [2.45, 2.75) is 0 Å². The van der Waals surface area contributed by atoms with Crippen molar-refractivity contribution in [2.75, 3.05) is 7.11 Å². The lowest BCUT2D eigenvalue weighted by molar-refractivity contribution is 0.0601. The number of fused-ring (bicyclic) bond motifs is 1. The lowest BCUT2D eigenvalue weighted by Gasteiger charge is -2.08. The smallest absolute Gasteiger partial charge is 0.337 e. The van der Waals surface area contributed by atoms with Crippen LogP contribution in [-0.2, 0) is 4.74 Å².